The summed E-state index contributed by atoms with van der Waals surface area (Å²) in [4.78, 5) is 17.1. The largest absolute Gasteiger partial charge is 0.394 e. The van der Waals surface area contributed by atoms with E-state index in [1.807, 2.05) is 24.3 Å². The minimum atomic E-state index is -0.290. The minimum absolute atomic E-state index is 0.0955. The molecule has 0 unspecified atom stereocenters. The Morgan fingerprint density at radius 1 is 1.10 bits per heavy atom. The number of hydrogen-bond donors (Lipinski definition) is 3. The van der Waals surface area contributed by atoms with Crippen LogP contribution in [0.1, 0.15) is 17.3 Å². The van der Waals surface area contributed by atoms with Gasteiger partial charge in [0.25, 0.3) is 5.91 Å². The summed E-state index contributed by atoms with van der Waals surface area (Å²) in [6, 6.07) is 17.6. The molecule has 31 heavy (non-hydrogen) atoms. The monoisotopic (exact) mass is 419 g/mol. The highest BCUT2D eigenvalue weighted by Crippen LogP contribution is 2.26. The average molecular weight is 420 g/mol. The summed E-state index contributed by atoms with van der Waals surface area (Å²) in [5.41, 5.74) is 5.43. The highest BCUT2D eigenvalue weighted by atomic mass is 16.3. The molecule has 3 N–H and O–H groups in total. The van der Waals surface area contributed by atoms with E-state index >= 15 is 0 Å². The maximum Gasteiger partial charge on any atom is 0.251 e. The molecule has 1 aliphatic rings. The van der Waals surface area contributed by atoms with E-state index in [1.165, 1.54) is 5.69 Å². The molecule has 2 heterocycles. The highest BCUT2D eigenvalue weighted by Gasteiger charge is 2.15. The number of likely N-dealkylation sites (N-methyl/N-ethyl adjacent to an activating group) is 1. The van der Waals surface area contributed by atoms with Crippen molar-refractivity contribution in [3.8, 4) is 22.5 Å². The Morgan fingerprint density at radius 3 is 2.55 bits per heavy atom. The minimum Gasteiger partial charge on any atom is -0.394 e. The van der Waals surface area contributed by atoms with Gasteiger partial charge in [0.1, 0.15) is 0 Å². The molecule has 0 spiro atoms. The van der Waals surface area contributed by atoms with Crippen LogP contribution >= 0.6 is 0 Å². The molecular weight excluding hydrogens is 390 g/mol. The van der Waals surface area contributed by atoms with Crippen molar-refractivity contribution in [1.82, 2.24) is 20.4 Å². The number of anilines is 1. The van der Waals surface area contributed by atoms with Gasteiger partial charge in [-0.1, -0.05) is 24.3 Å². The molecule has 1 atom stereocenters. The third-order valence-corrected chi connectivity index (χ3v) is 5.70. The molecule has 1 aromatic heterocycles. The number of carbonyl (C=O) groups is 1. The lowest BCUT2D eigenvalue weighted by Crippen LogP contribution is -2.44. The van der Waals surface area contributed by atoms with Gasteiger partial charge in [-0.2, -0.15) is 5.10 Å². The Balaban J connectivity index is 1.48. The van der Waals surface area contributed by atoms with E-state index < -0.39 is 0 Å². The van der Waals surface area contributed by atoms with Gasteiger partial charge >= 0.3 is 0 Å². The number of aliphatic hydroxyl groups excluding tert-OH is 1. The van der Waals surface area contributed by atoms with Gasteiger partial charge in [0.05, 0.1) is 18.0 Å². The Bertz CT molecular complexity index is 1020. The van der Waals surface area contributed by atoms with Crippen molar-refractivity contribution >= 4 is 11.6 Å². The number of carbonyl (C=O) groups excluding carboxylic acids is 1. The standard InChI is InChI=1S/C24H29N5O2/c1-17(16-30)25-24(31)20-5-3-4-19(14-20)23-15-22(26-27-23)18-6-8-21(9-7-18)29-12-10-28(2)11-13-29/h3-9,14-15,17,30H,10-13,16H2,1-2H3,(H,25,31)(H,26,27)/t17-/m1/s1. The molecule has 1 saturated heterocycles. The lowest BCUT2D eigenvalue weighted by Gasteiger charge is -2.34. The van der Waals surface area contributed by atoms with Crippen LogP contribution in [0.2, 0.25) is 0 Å². The van der Waals surface area contributed by atoms with Crippen molar-refractivity contribution in [2.24, 2.45) is 0 Å². The van der Waals surface area contributed by atoms with Crippen molar-refractivity contribution < 1.29 is 9.90 Å². The van der Waals surface area contributed by atoms with Crippen molar-refractivity contribution in [2.45, 2.75) is 13.0 Å². The summed E-state index contributed by atoms with van der Waals surface area (Å²) in [6.07, 6.45) is 0. The van der Waals surface area contributed by atoms with Crippen molar-refractivity contribution in [3.63, 3.8) is 0 Å². The quantitative estimate of drug-likeness (QED) is 0.572. The summed E-state index contributed by atoms with van der Waals surface area (Å²) in [7, 11) is 2.16. The number of aromatic nitrogens is 2. The van der Waals surface area contributed by atoms with E-state index in [0.717, 1.165) is 48.7 Å². The predicted molar refractivity (Wildman–Crippen MR) is 123 cm³/mol. The molecule has 4 rings (SSSR count). The maximum atomic E-state index is 12.3. The first-order chi connectivity index (χ1) is 15.0. The van der Waals surface area contributed by atoms with Crippen LogP contribution in [0.3, 0.4) is 0 Å². The topological polar surface area (TPSA) is 84.5 Å². The van der Waals surface area contributed by atoms with Gasteiger partial charge in [0, 0.05) is 49.0 Å². The number of hydrogen-bond acceptors (Lipinski definition) is 5. The number of piperazine rings is 1. The first-order valence-corrected chi connectivity index (χ1v) is 10.6. The molecular formula is C24H29N5O2. The third-order valence-electron chi connectivity index (χ3n) is 5.70. The summed E-state index contributed by atoms with van der Waals surface area (Å²) in [6.45, 7) is 5.93. The van der Waals surface area contributed by atoms with Crippen LogP contribution in [0, 0.1) is 0 Å². The fourth-order valence-electron chi connectivity index (χ4n) is 3.71. The molecule has 0 radical (unpaired) electrons. The van der Waals surface area contributed by atoms with Gasteiger partial charge in [0.15, 0.2) is 0 Å². The summed E-state index contributed by atoms with van der Waals surface area (Å²) >= 11 is 0. The Labute approximate surface area is 182 Å². The average Bonchev–Trinajstić information content (AvgIpc) is 3.30. The van der Waals surface area contributed by atoms with Crippen molar-refractivity contribution in [2.75, 3.05) is 44.7 Å². The molecule has 0 bridgehead atoms. The molecule has 7 heteroatoms. The van der Waals surface area contributed by atoms with Gasteiger partial charge in [-0.05, 0) is 49.9 Å². The fraction of sp³-hybridized carbons (Fsp3) is 0.333. The first-order valence-electron chi connectivity index (χ1n) is 10.6. The van der Waals surface area contributed by atoms with Crippen LogP contribution in [0.5, 0.6) is 0 Å². The lowest BCUT2D eigenvalue weighted by molar-refractivity contribution is 0.0922. The number of H-pyrrole nitrogens is 1. The van der Waals surface area contributed by atoms with Crippen LogP contribution in [-0.2, 0) is 0 Å². The second-order valence-electron chi connectivity index (χ2n) is 8.14. The number of aliphatic hydroxyl groups is 1. The normalized spacial score (nSPS) is 15.6. The SMILES string of the molecule is C[C@H](CO)NC(=O)c1cccc(-c2cc(-c3ccc(N4CCN(C)CC4)cc3)[nH]n2)c1. The van der Waals surface area contributed by atoms with Crippen LogP contribution in [0.4, 0.5) is 5.69 Å². The van der Waals surface area contributed by atoms with E-state index in [2.05, 4.69) is 56.6 Å². The second-order valence-corrected chi connectivity index (χ2v) is 8.14. The number of nitrogens with one attached hydrogen (secondary N) is 2. The molecule has 162 valence electrons. The Kier molecular flexibility index (Phi) is 6.34. The number of aromatic amines is 1. The highest BCUT2D eigenvalue weighted by molar-refractivity contribution is 5.95. The zero-order chi connectivity index (χ0) is 21.8. The number of nitrogens with zero attached hydrogens (tertiary/aromatic N) is 3. The summed E-state index contributed by atoms with van der Waals surface area (Å²) in [5.74, 6) is -0.210. The summed E-state index contributed by atoms with van der Waals surface area (Å²) < 4.78 is 0. The third kappa shape index (κ3) is 4.95. The molecule has 0 saturated carbocycles. The zero-order valence-electron chi connectivity index (χ0n) is 18.0. The first kappa shape index (κ1) is 21.1. The molecule has 1 fully saturated rings. The van der Waals surface area contributed by atoms with Gasteiger partial charge in [-0.3, -0.25) is 9.89 Å². The van der Waals surface area contributed by atoms with Crippen LogP contribution < -0.4 is 10.2 Å². The van der Waals surface area contributed by atoms with E-state index in [-0.39, 0.29) is 18.6 Å². The molecule has 2 aromatic carbocycles. The van der Waals surface area contributed by atoms with Gasteiger partial charge in [-0.25, -0.2) is 0 Å². The van der Waals surface area contributed by atoms with E-state index in [9.17, 15) is 4.79 Å². The van der Waals surface area contributed by atoms with Crippen LogP contribution in [-0.4, -0.2) is 72.0 Å². The Hall–Kier alpha value is -3.16. The van der Waals surface area contributed by atoms with Gasteiger partial charge in [0.2, 0.25) is 0 Å². The lowest BCUT2D eigenvalue weighted by atomic mass is 10.1. The molecule has 1 aliphatic heterocycles. The number of amides is 1. The van der Waals surface area contributed by atoms with Crippen molar-refractivity contribution in [3.05, 3.63) is 60.2 Å². The van der Waals surface area contributed by atoms with Crippen LogP contribution in [0.15, 0.2) is 54.6 Å². The predicted octanol–water partition coefficient (Wildman–Crippen LogP) is 2.61. The second kappa shape index (κ2) is 9.32. The molecule has 7 nitrogen and oxygen atoms in total. The maximum absolute atomic E-state index is 12.3. The smallest absolute Gasteiger partial charge is 0.251 e. The van der Waals surface area contributed by atoms with Crippen LogP contribution in [0.25, 0.3) is 22.5 Å². The van der Waals surface area contributed by atoms with Gasteiger partial charge < -0.3 is 20.2 Å². The molecule has 0 aliphatic carbocycles. The number of benzene rings is 2. The Morgan fingerprint density at radius 2 is 1.84 bits per heavy atom. The summed E-state index contributed by atoms with van der Waals surface area (Å²) in [5, 5.41) is 19.5. The molecule has 3 aromatic rings. The van der Waals surface area contributed by atoms with Crippen molar-refractivity contribution in [1.29, 1.82) is 0 Å². The van der Waals surface area contributed by atoms with Gasteiger partial charge in [-0.15, -0.1) is 0 Å². The van der Waals surface area contributed by atoms with E-state index in [1.54, 1.807) is 13.0 Å². The number of rotatable bonds is 6. The fourth-order valence-corrected chi connectivity index (χ4v) is 3.71. The molecule has 1 amide bonds. The van der Waals surface area contributed by atoms with E-state index in [0.29, 0.717) is 5.56 Å². The zero-order valence-corrected chi connectivity index (χ0v) is 18.0. The van der Waals surface area contributed by atoms with E-state index in [4.69, 9.17) is 5.11 Å².